The van der Waals surface area contributed by atoms with Gasteiger partial charge in [-0.15, -0.1) is 0 Å². The second-order valence-corrected chi connectivity index (χ2v) is 3.12. The number of halogens is 1. The van der Waals surface area contributed by atoms with Gasteiger partial charge in [-0.25, -0.2) is 4.39 Å². The lowest BCUT2D eigenvalue weighted by molar-refractivity contribution is 0.602. The maximum absolute atomic E-state index is 11.4. The van der Waals surface area contributed by atoms with Crippen molar-refractivity contribution in [3.8, 4) is 0 Å². The zero-order chi connectivity index (χ0) is 6.20. The monoisotopic (exact) mass is 114 g/mol. The van der Waals surface area contributed by atoms with Crippen molar-refractivity contribution in [3.63, 3.8) is 0 Å². The van der Waals surface area contributed by atoms with E-state index in [9.17, 15) is 4.39 Å². The van der Waals surface area contributed by atoms with Gasteiger partial charge >= 0.3 is 0 Å². The zero-order valence-corrected chi connectivity index (χ0v) is 5.32. The summed E-state index contributed by atoms with van der Waals surface area (Å²) in [5.74, 6) is 0.507. The summed E-state index contributed by atoms with van der Waals surface area (Å²) in [6.45, 7) is 4.30. The maximum Gasteiger partial charge on any atom is 0.0830 e. The second-order valence-electron chi connectivity index (χ2n) is 3.12. The fourth-order valence-corrected chi connectivity index (χ4v) is 0.924. The number of allylic oxidation sites excluding steroid dienone is 1. The van der Waals surface area contributed by atoms with Crippen molar-refractivity contribution >= 4 is 0 Å². The van der Waals surface area contributed by atoms with Crippen molar-refractivity contribution in [1.29, 1.82) is 0 Å². The number of hydrogen-bond donors (Lipinski definition) is 0. The predicted molar refractivity (Wildman–Crippen MR) is 32.1 cm³/mol. The molecule has 0 N–H and O–H groups in total. The molecule has 8 heavy (non-hydrogen) atoms. The summed E-state index contributed by atoms with van der Waals surface area (Å²) in [6.07, 6.45) is 3.44. The van der Waals surface area contributed by atoms with E-state index >= 15 is 0 Å². The average molecular weight is 114 g/mol. The van der Waals surface area contributed by atoms with Crippen LogP contribution in [-0.2, 0) is 0 Å². The standard InChI is InChI=1S/C7H11F/c1-7(2)5-6(7)3-4-8/h3-4,6H,5H2,1-2H3/b4-3+. The summed E-state index contributed by atoms with van der Waals surface area (Å²) in [4.78, 5) is 0. The van der Waals surface area contributed by atoms with Crippen LogP contribution in [-0.4, -0.2) is 0 Å². The first-order valence-electron chi connectivity index (χ1n) is 2.94. The topological polar surface area (TPSA) is 0 Å². The highest BCUT2D eigenvalue weighted by Gasteiger charge is 2.43. The molecule has 1 unspecified atom stereocenters. The molecule has 0 aromatic heterocycles. The summed E-state index contributed by atoms with van der Waals surface area (Å²) in [5.41, 5.74) is 0.391. The molecule has 0 aromatic carbocycles. The van der Waals surface area contributed by atoms with E-state index < -0.39 is 0 Å². The molecule has 1 saturated carbocycles. The Kier molecular flexibility index (Phi) is 1.14. The summed E-state index contributed by atoms with van der Waals surface area (Å²) in [7, 11) is 0. The van der Waals surface area contributed by atoms with Gasteiger partial charge in [0, 0.05) is 0 Å². The highest BCUT2D eigenvalue weighted by Crippen LogP contribution is 2.52. The Labute approximate surface area is 49.4 Å². The van der Waals surface area contributed by atoms with Crippen molar-refractivity contribution in [2.75, 3.05) is 0 Å². The molecule has 0 nitrogen and oxygen atoms in total. The van der Waals surface area contributed by atoms with E-state index in [1.807, 2.05) is 0 Å². The third-order valence-electron chi connectivity index (χ3n) is 1.89. The maximum atomic E-state index is 11.4. The first-order valence-corrected chi connectivity index (χ1v) is 2.94. The van der Waals surface area contributed by atoms with Gasteiger partial charge in [0.2, 0.25) is 0 Å². The van der Waals surface area contributed by atoms with E-state index in [-0.39, 0.29) is 0 Å². The quantitative estimate of drug-likeness (QED) is 0.491. The van der Waals surface area contributed by atoms with Crippen LogP contribution in [0.1, 0.15) is 20.3 Å². The second kappa shape index (κ2) is 1.57. The molecule has 46 valence electrons. The van der Waals surface area contributed by atoms with Crippen LogP contribution in [0.4, 0.5) is 4.39 Å². The van der Waals surface area contributed by atoms with E-state index in [1.165, 1.54) is 0 Å². The fourth-order valence-electron chi connectivity index (χ4n) is 0.924. The highest BCUT2D eigenvalue weighted by molar-refractivity contribution is 5.05. The summed E-state index contributed by atoms with van der Waals surface area (Å²) in [5, 5.41) is 0. The molecule has 1 fully saturated rings. The molecule has 1 aliphatic carbocycles. The SMILES string of the molecule is CC1(C)CC1/C=C/F. The third-order valence-corrected chi connectivity index (χ3v) is 1.89. The minimum absolute atomic E-state index is 0.391. The van der Waals surface area contributed by atoms with Crippen LogP contribution < -0.4 is 0 Å². The molecule has 1 heteroatoms. The molecule has 0 amide bonds. The Bertz CT molecular complexity index is 114. The normalized spacial score (nSPS) is 33.6. The Morgan fingerprint density at radius 3 is 2.25 bits per heavy atom. The lowest BCUT2D eigenvalue weighted by Crippen LogP contribution is -1.84. The Morgan fingerprint density at radius 2 is 2.12 bits per heavy atom. The molecule has 1 rings (SSSR count). The summed E-state index contributed by atoms with van der Waals surface area (Å²) in [6, 6.07) is 0. The van der Waals surface area contributed by atoms with Gasteiger partial charge in [-0.1, -0.05) is 19.9 Å². The Balaban J connectivity index is 2.37. The van der Waals surface area contributed by atoms with Gasteiger partial charge in [0.05, 0.1) is 6.33 Å². The van der Waals surface area contributed by atoms with Gasteiger partial charge < -0.3 is 0 Å². The van der Waals surface area contributed by atoms with Crippen molar-refractivity contribution < 1.29 is 4.39 Å². The lowest BCUT2D eigenvalue weighted by atomic mass is 10.1. The first-order chi connectivity index (χ1) is 3.67. The van der Waals surface area contributed by atoms with E-state index in [4.69, 9.17) is 0 Å². The van der Waals surface area contributed by atoms with Crippen LogP contribution in [0.25, 0.3) is 0 Å². The Morgan fingerprint density at radius 1 is 1.62 bits per heavy atom. The van der Waals surface area contributed by atoms with Crippen LogP contribution in [0, 0.1) is 11.3 Å². The molecule has 0 radical (unpaired) electrons. The fraction of sp³-hybridized carbons (Fsp3) is 0.714. The van der Waals surface area contributed by atoms with Gasteiger partial charge in [-0.3, -0.25) is 0 Å². The van der Waals surface area contributed by atoms with E-state index in [0.29, 0.717) is 17.7 Å². The van der Waals surface area contributed by atoms with Gasteiger partial charge in [-0.2, -0.15) is 0 Å². The minimum Gasteiger partial charge on any atom is -0.216 e. The molecular weight excluding hydrogens is 103 g/mol. The van der Waals surface area contributed by atoms with Crippen LogP contribution in [0.2, 0.25) is 0 Å². The molecule has 0 heterocycles. The van der Waals surface area contributed by atoms with Crippen LogP contribution >= 0.6 is 0 Å². The lowest BCUT2D eigenvalue weighted by Gasteiger charge is -1.93. The zero-order valence-electron chi connectivity index (χ0n) is 5.32. The predicted octanol–water partition coefficient (Wildman–Crippen LogP) is 2.52. The van der Waals surface area contributed by atoms with Gasteiger partial charge in [-0.05, 0) is 17.8 Å². The largest absolute Gasteiger partial charge is 0.216 e. The van der Waals surface area contributed by atoms with Crippen LogP contribution in [0.5, 0.6) is 0 Å². The van der Waals surface area contributed by atoms with Crippen molar-refractivity contribution in [2.24, 2.45) is 11.3 Å². The molecule has 0 bridgehead atoms. The molecule has 0 spiro atoms. The third kappa shape index (κ3) is 0.908. The molecule has 1 aliphatic rings. The highest BCUT2D eigenvalue weighted by atomic mass is 19.1. The molecule has 1 atom stereocenters. The molecule has 0 aliphatic heterocycles. The van der Waals surface area contributed by atoms with Crippen LogP contribution in [0.3, 0.4) is 0 Å². The van der Waals surface area contributed by atoms with Gasteiger partial charge in [0.25, 0.3) is 0 Å². The van der Waals surface area contributed by atoms with Crippen molar-refractivity contribution in [3.05, 3.63) is 12.4 Å². The summed E-state index contributed by atoms with van der Waals surface area (Å²) < 4.78 is 11.4. The van der Waals surface area contributed by atoms with Crippen molar-refractivity contribution in [1.82, 2.24) is 0 Å². The van der Waals surface area contributed by atoms with Crippen LogP contribution in [0.15, 0.2) is 12.4 Å². The Hall–Kier alpha value is -0.330. The minimum atomic E-state index is 0.391. The van der Waals surface area contributed by atoms with Crippen molar-refractivity contribution in [2.45, 2.75) is 20.3 Å². The van der Waals surface area contributed by atoms with E-state index in [0.717, 1.165) is 6.42 Å². The average Bonchev–Trinajstić information content (AvgIpc) is 2.15. The molecule has 0 saturated heterocycles. The van der Waals surface area contributed by atoms with E-state index in [2.05, 4.69) is 13.8 Å². The smallest absolute Gasteiger partial charge is 0.0830 e. The summed E-state index contributed by atoms with van der Waals surface area (Å²) >= 11 is 0. The van der Waals surface area contributed by atoms with Gasteiger partial charge in [0.1, 0.15) is 0 Å². The number of hydrogen-bond acceptors (Lipinski definition) is 0. The number of rotatable bonds is 1. The molecule has 0 aromatic rings. The van der Waals surface area contributed by atoms with E-state index in [1.54, 1.807) is 6.08 Å². The first kappa shape index (κ1) is 5.80. The van der Waals surface area contributed by atoms with Gasteiger partial charge in [0.15, 0.2) is 0 Å². The molecular formula is C7H11F.